The summed E-state index contributed by atoms with van der Waals surface area (Å²) in [6, 6.07) is 5.00. The number of benzene rings is 1. The molecule has 1 aromatic carbocycles. The number of methoxy groups -OCH3 is 1. The zero-order valence-electron chi connectivity index (χ0n) is 8.03. The summed E-state index contributed by atoms with van der Waals surface area (Å²) < 4.78 is 18.1. The van der Waals surface area contributed by atoms with Gasteiger partial charge >= 0.3 is 0 Å². The van der Waals surface area contributed by atoms with Crippen LogP contribution in [0.15, 0.2) is 18.2 Å². The molecule has 1 saturated carbocycles. The lowest BCUT2D eigenvalue weighted by Gasteiger charge is -2.04. The third-order valence-electron chi connectivity index (χ3n) is 2.76. The molecule has 2 atom stereocenters. The lowest BCUT2D eigenvalue weighted by molar-refractivity contribution is 0.274. The summed E-state index contributed by atoms with van der Waals surface area (Å²) in [6.45, 7) is 0.193. The van der Waals surface area contributed by atoms with E-state index in [9.17, 15) is 4.39 Å². The molecule has 1 N–H and O–H groups in total. The van der Waals surface area contributed by atoms with Gasteiger partial charge < -0.3 is 9.84 Å². The highest BCUT2D eigenvalue weighted by Crippen LogP contribution is 2.47. The van der Waals surface area contributed by atoms with Crippen LogP contribution in [0.2, 0.25) is 0 Å². The first-order valence-electron chi connectivity index (χ1n) is 4.70. The topological polar surface area (TPSA) is 29.5 Å². The monoisotopic (exact) mass is 196 g/mol. The normalized spacial score (nSPS) is 24.8. The van der Waals surface area contributed by atoms with Crippen molar-refractivity contribution in [2.24, 2.45) is 5.92 Å². The van der Waals surface area contributed by atoms with E-state index in [0.29, 0.717) is 11.8 Å². The number of aliphatic hydroxyl groups is 1. The molecule has 1 fully saturated rings. The van der Waals surface area contributed by atoms with Crippen molar-refractivity contribution >= 4 is 0 Å². The van der Waals surface area contributed by atoms with Crippen molar-refractivity contribution in [2.45, 2.75) is 12.3 Å². The van der Waals surface area contributed by atoms with E-state index in [1.54, 1.807) is 6.07 Å². The van der Waals surface area contributed by atoms with Crippen LogP contribution in [0.25, 0.3) is 0 Å². The molecule has 76 valence electrons. The fourth-order valence-electron chi connectivity index (χ4n) is 1.77. The lowest BCUT2D eigenvalue weighted by atomic mass is 10.1. The Morgan fingerprint density at radius 3 is 2.86 bits per heavy atom. The van der Waals surface area contributed by atoms with Gasteiger partial charge in [-0.3, -0.25) is 0 Å². The predicted octanol–water partition coefficient (Wildman–Crippen LogP) is 1.93. The summed E-state index contributed by atoms with van der Waals surface area (Å²) in [6.07, 6.45) is 0.961. The zero-order chi connectivity index (χ0) is 10.1. The average Bonchev–Trinajstić information content (AvgIpc) is 2.96. The van der Waals surface area contributed by atoms with Gasteiger partial charge in [0.15, 0.2) is 11.6 Å². The number of ether oxygens (including phenoxy) is 1. The van der Waals surface area contributed by atoms with E-state index < -0.39 is 0 Å². The fourth-order valence-corrected chi connectivity index (χ4v) is 1.77. The summed E-state index contributed by atoms with van der Waals surface area (Å²) in [4.78, 5) is 0. The summed E-state index contributed by atoms with van der Waals surface area (Å²) in [5, 5.41) is 8.89. The van der Waals surface area contributed by atoms with Gasteiger partial charge in [0.1, 0.15) is 0 Å². The van der Waals surface area contributed by atoms with Crippen LogP contribution in [0.5, 0.6) is 5.75 Å². The number of aliphatic hydroxyl groups excluding tert-OH is 1. The van der Waals surface area contributed by atoms with Crippen LogP contribution in [0.1, 0.15) is 17.9 Å². The molecule has 3 heteroatoms. The molecule has 2 rings (SSSR count). The molecule has 0 saturated heterocycles. The first-order chi connectivity index (χ1) is 6.76. The van der Waals surface area contributed by atoms with Crippen molar-refractivity contribution in [3.63, 3.8) is 0 Å². The first-order valence-corrected chi connectivity index (χ1v) is 4.70. The van der Waals surface area contributed by atoms with Crippen LogP contribution < -0.4 is 4.74 Å². The minimum absolute atomic E-state index is 0.193. The third kappa shape index (κ3) is 1.60. The van der Waals surface area contributed by atoms with Gasteiger partial charge in [0, 0.05) is 6.61 Å². The van der Waals surface area contributed by atoms with Gasteiger partial charge in [-0.1, -0.05) is 6.07 Å². The van der Waals surface area contributed by atoms with Gasteiger partial charge in [0.05, 0.1) is 7.11 Å². The lowest BCUT2D eigenvalue weighted by Crippen LogP contribution is -1.92. The summed E-state index contributed by atoms with van der Waals surface area (Å²) >= 11 is 0. The second-order valence-corrected chi connectivity index (χ2v) is 3.68. The third-order valence-corrected chi connectivity index (χ3v) is 2.76. The molecular formula is C11H13FO2. The van der Waals surface area contributed by atoms with Crippen LogP contribution in [0.3, 0.4) is 0 Å². The first kappa shape index (κ1) is 9.46. The molecule has 0 aliphatic heterocycles. The Hall–Kier alpha value is -1.09. The smallest absolute Gasteiger partial charge is 0.165 e. The Labute approximate surface area is 82.3 Å². The van der Waals surface area contributed by atoms with E-state index in [0.717, 1.165) is 12.0 Å². The van der Waals surface area contributed by atoms with E-state index in [1.807, 2.05) is 6.07 Å². The molecule has 1 aromatic rings. The molecule has 0 aromatic heterocycles. The Morgan fingerprint density at radius 2 is 2.36 bits per heavy atom. The Bertz CT molecular complexity index is 338. The summed E-state index contributed by atoms with van der Waals surface area (Å²) in [5.74, 6) is 0.603. The molecule has 2 nitrogen and oxygen atoms in total. The van der Waals surface area contributed by atoms with Crippen LogP contribution in [-0.4, -0.2) is 18.8 Å². The molecular weight excluding hydrogens is 183 g/mol. The van der Waals surface area contributed by atoms with Gasteiger partial charge in [-0.15, -0.1) is 0 Å². The van der Waals surface area contributed by atoms with Crippen molar-refractivity contribution in [1.29, 1.82) is 0 Å². The van der Waals surface area contributed by atoms with E-state index in [1.165, 1.54) is 13.2 Å². The second-order valence-electron chi connectivity index (χ2n) is 3.68. The van der Waals surface area contributed by atoms with E-state index in [-0.39, 0.29) is 18.2 Å². The number of hydrogen-bond acceptors (Lipinski definition) is 2. The predicted molar refractivity (Wildman–Crippen MR) is 50.9 cm³/mol. The number of hydrogen-bond donors (Lipinski definition) is 1. The van der Waals surface area contributed by atoms with Gasteiger partial charge in [-0.2, -0.15) is 0 Å². The molecule has 0 heterocycles. The maximum atomic E-state index is 13.3. The van der Waals surface area contributed by atoms with Crippen molar-refractivity contribution in [3.8, 4) is 5.75 Å². The van der Waals surface area contributed by atoms with Crippen LogP contribution in [0.4, 0.5) is 4.39 Å². The zero-order valence-corrected chi connectivity index (χ0v) is 8.03. The van der Waals surface area contributed by atoms with Crippen molar-refractivity contribution in [3.05, 3.63) is 29.6 Å². The average molecular weight is 196 g/mol. The van der Waals surface area contributed by atoms with Gasteiger partial charge in [-0.05, 0) is 36.0 Å². The van der Waals surface area contributed by atoms with Gasteiger partial charge in [0.25, 0.3) is 0 Å². The van der Waals surface area contributed by atoms with Crippen molar-refractivity contribution < 1.29 is 14.2 Å². The highest BCUT2D eigenvalue weighted by atomic mass is 19.1. The molecule has 0 unspecified atom stereocenters. The van der Waals surface area contributed by atoms with Gasteiger partial charge in [0.2, 0.25) is 0 Å². The van der Waals surface area contributed by atoms with Crippen LogP contribution in [0, 0.1) is 11.7 Å². The molecule has 0 radical (unpaired) electrons. The molecule has 0 amide bonds. The highest BCUT2D eigenvalue weighted by Gasteiger charge is 2.37. The fraction of sp³-hybridized carbons (Fsp3) is 0.455. The summed E-state index contributed by atoms with van der Waals surface area (Å²) in [5.41, 5.74) is 0.961. The van der Waals surface area contributed by atoms with E-state index >= 15 is 0 Å². The van der Waals surface area contributed by atoms with Crippen LogP contribution >= 0.6 is 0 Å². The van der Waals surface area contributed by atoms with Gasteiger partial charge in [-0.25, -0.2) is 4.39 Å². The maximum absolute atomic E-state index is 13.3. The summed E-state index contributed by atoms with van der Waals surface area (Å²) in [7, 11) is 1.45. The highest BCUT2D eigenvalue weighted by molar-refractivity contribution is 5.34. The standard InChI is InChI=1S/C11H13FO2/c1-14-11-3-2-7(5-10(11)12)9-4-8(9)6-13/h2-3,5,8-9,13H,4,6H2,1H3/t8-,9-/m0/s1. The number of rotatable bonds is 3. The largest absolute Gasteiger partial charge is 0.494 e. The second kappa shape index (κ2) is 3.58. The molecule has 14 heavy (non-hydrogen) atoms. The van der Waals surface area contributed by atoms with Crippen molar-refractivity contribution in [2.75, 3.05) is 13.7 Å². The minimum atomic E-state index is -0.325. The van der Waals surface area contributed by atoms with E-state index in [2.05, 4.69) is 0 Å². The molecule has 1 aliphatic rings. The minimum Gasteiger partial charge on any atom is -0.494 e. The SMILES string of the molecule is COc1ccc([C@@H]2C[C@H]2CO)cc1F. The molecule has 0 spiro atoms. The Morgan fingerprint density at radius 1 is 1.57 bits per heavy atom. The van der Waals surface area contributed by atoms with Crippen molar-refractivity contribution in [1.82, 2.24) is 0 Å². The molecule has 0 bridgehead atoms. The Balaban J connectivity index is 2.17. The number of halogens is 1. The molecule has 1 aliphatic carbocycles. The quantitative estimate of drug-likeness (QED) is 0.800. The Kier molecular flexibility index (Phi) is 2.42. The maximum Gasteiger partial charge on any atom is 0.165 e. The van der Waals surface area contributed by atoms with Crippen LogP contribution in [-0.2, 0) is 0 Å². The van der Waals surface area contributed by atoms with E-state index in [4.69, 9.17) is 9.84 Å².